The molecule has 2 amide bonds. The van der Waals surface area contributed by atoms with Crippen LogP contribution >= 0.6 is 0 Å². The largest absolute Gasteiger partial charge is 0.489 e. The first kappa shape index (κ1) is 34.6. The number of non-ortho nitro benzene ring substituents is 1. The van der Waals surface area contributed by atoms with Crippen LogP contribution in [-0.4, -0.2) is 94.7 Å². The predicted molar refractivity (Wildman–Crippen MR) is 154 cm³/mol. The van der Waals surface area contributed by atoms with Crippen LogP contribution in [0.5, 0.6) is 5.75 Å². The number of hydrogen-bond donors (Lipinski definition) is 1. The van der Waals surface area contributed by atoms with Crippen LogP contribution < -0.4 is 4.74 Å². The van der Waals surface area contributed by atoms with Crippen molar-refractivity contribution < 1.29 is 43.4 Å². The average Bonchev–Trinajstić information content (AvgIpc) is 2.88. The van der Waals surface area contributed by atoms with Gasteiger partial charge >= 0.3 is 18.2 Å². The Morgan fingerprint density at radius 3 is 1.74 bits per heavy atom. The van der Waals surface area contributed by atoms with Gasteiger partial charge in [-0.25, -0.2) is 14.4 Å². The molecule has 2 heterocycles. The molecule has 2 saturated heterocycles. The van der Waals surface area contributed by atoms with Gasteiger partial charge in [-0.15, -0.1) is 0 Å². The summed E-state index contributed by atoms with van der Waals surface area (Å²) in [4.78, 5) is 49.6. The standard InChI is InChI=1S/C19H26N2O7.C10H19NO3/c1-12-10-13(21(24)25)11-15(17(22)26-5)16(12)27-14-6-8-20(9-7-14)18(23)28-19(2,3)4;1-10(2,3)14-9(13)11-6-4-8(12)5-7-11/h10-11,14H,6-9H2,1-5H3;8,12H,4-7H2,1-3H3. The molecule has 42 heavy (non-hydrogen) atoms. The highest BCUT2D eigenvalue weighted by molar-refractivity contribution is 5.93. The number of benzene rings is 1. The average molecular weight is 596 g/mol. The van der Waals surface area contributed by atoms with Crippen LogP contribution in [0.3, 0.4) is 0 Å². The van der Waals surface area contributed by atoms with E-state index in [2.05, 4.69) is 0 Å². The second kappa shape index (κ2) is 14.5. The van der Waals surface area contributed by atoms with Crippen molar-refractivity contribution in [2.75, 3.05) is 33.3 Å². The molecule has 13 nitrogen and oxygen atoms in total. The van der Waals surface area contributed by atoms with Crippen LogP contribution in [0.15, 0.2) is 12.1 Å². The summed E-state index contributed by atoms with van der Waals surface area (Å²) < 4.78 is 21.3. The molecule has 0 unspecified atom stereocenters. The SMILES string of the molecule is CC(C)(C)OC(=O)N1CCC(O)CC1.COC(=O)c1cc([N+](=O)[O-])cc(C)c1OC1CCN(C(=O)OC(C)(C)C)CC1. The van der Waals surface area contributed by atoms with E-state index in [0.717, 1.165) is 6.07 Å². The Morgan fingerprint density at radius 2 is 1.33 bits per heavy atom. The molecule has 0 atom stereocenters. The van der Waals surface area contributed by atoms with E-state index in [0.29, 0.717) is 57.4 Å². The van der Waals surface area contributed by atoms with E-state index < -0.39 is 22.1 Å². The molecule has 0 bridgehead atoms. The normalized spacial score (nSPS) is 16.6. The van der Waals surface area contributed by atoms with Gasteiger partial charge in [0.05, 0.1) is 18.1 Å². The number of hydrogen-bond acceptors (Lipinski definition) is 10. The highest BCUT2D eigenvalue weighted by atomic mass is 16.6. The number of ether oxygens (including phenoxy) is 4. The lowest BCUT2D eigenvalue weighted by molar-refractivity contribution is -0.385. The molecule has 236 valence electrons. The Kier molecular flexibility index (Phi) is 12.0. The summed E-state index contributed by atoms with van der Waals surface area (Å²) in [5.74, 6) is -0.429. The van der Waals surface area contributed by atoms with Crippen molar-refractivity contribution in [3.05, 3.63) is 33.4 Å². The van der Waals surface area contributed by atoms with Crippen molar-refractivity contribution >= 4 is 23.8 Å². The highest BCUT2D eigenvalue weighted by Gasteiger charge is 2.30. The zero-order valence-electron chi connectivity index (χ0n) is 25.9. The van der Waals surface area contributed by atoms with E-state index in [1.54, 1.807) is 16.7 Å². The van der Waals surface area contributed by atoms with Gasteiger partial charge in [0.2, 0.25) is 0 Å². The van der Waals surface area contributed by atoms with E-state index in [1.807, 2.05) is 41.5 Å². The maximum absolute atomic E-state index is 12.2. The van der Waals surface area contributed by atoms with E-state index in [9.17, 15) is 29.6 Å². The predicted octanol–water partition coefficient (Wildman–Crippen LogP) is 4.85. The Hall–Kier alpha value is -3.61. The van der Waals surface area contributed by atoms with Gasteiger partial charge in [0.15, 0.2) is 0 Å². The third-order valence-corrected chi connectivity index (χ3v) is 6.37. The molecular weight excluding hydrogens is 550 g/mol. The number of nitrogens with zero attached hydrogens (tertiary/aromatic N) is 3. The second-order valence-corrected chi connectivity index (χ2v) is 12.4. The van der Waals surface area contributed by atoms with Gasteiger partial charge in [0, 0.05) is 51.2 Å². The first-order valence-corrected chi connectivity index (χ1v) is 14.1. The number of aryl methyl sites for hydroxylation is 1. The summed E-state index contributed by atoms with van der Waals surface area (Å²) in [6, 6.07) is 2.52. The lowest BCUT2D eigenvalue weighted by Crippen LogP contribution is -2.44. The molecule has 2 aliphatic rings. The Morgan fingerprint density at radius 1 is 0.881 bits per heavy atom. The summed E-state index contributed by atoms with van der Waals surface area (Å²) in [6.45, 7) is 14.7. The Labute approximate surface area is 247 Å². The van der Waals surface area contributed by atoms with Crippen molar-refractivity contribution in [2.24, 2.45) is 0 Å². The van der Waals surface area contributed by atoms with Crippen molar-refractivity contribution in [3.8, 4) is 5.75 Å². The summed E-state index contributed by atoms with van der Waals surface area (Å²) in [5.41, 5.74) is -0.707. The molecule has 3 rings (SSSR count). The van der Waals surface area contributed by atoms with Gasteiger partial charge in [0.25, 0.3) is 5.69 Å². The topological polar surface area (TPSA) is 158 Å². The Bertz CT molecular complexity index is 1110. The first-order valence-electron chi connectivity index (χ1n) is 14.1. The maximum atomic E-state index is 12.2. The molecular formula is C29H45N3O10. The number of nitro groups is 1. The van der Waals surface area contributed by atoms with Crippen molar-refractivity contribution in [1.82, 2.24) is 9.80 Å². The monoisotopic (exact) mass is 595 g/mol. The molecule has 0 saturated carbocycles. The fourth-order valence-electron chi connectivity index (χ4n) is 4.30. The molecule has 2 aliphatic heterocycles. The first-order chi connectivity index (χ1) is 19.4. The number of aliphatic hydroxyl groups is 1. The van der Waals surface area contributed by atoms with Gasteiger partial charge in [-0.3, -0.25) is 10.1 Å². The Balaban J connectivity index is 0.000000369. The van der Waals surface area contributed by atoms with Crippen molar-refractivity contribution in [2.45, 2.75) is 97.6 Å². The maximum Gasteiger partial charge on any atom is 0.410 e. The van der Waals surface area contributed by atoms with Crippen LogP contribution in [0.2, 0.25) is 0 Å². The number of amides is 2. The number of esters is 1. The second-order valence-electron chi connectivity index (χ2n) is 12.4. The zero-order chi connectivity index (χ0) is 31.8. The molecule has 0 aromatic heterocycles. The van der Waals surface area contributed by atoms with Crippen LogP contribution in [0.25, 0.3) is 0 Å². The molecule has 1 aromatic rings. The number of piperidine rings is 2. The van der Waals surface area contributed by atoms with Crippen molar-refractivity contribution in [1.29, 1.82) is 0 Å². The highest BCUT2D eigenvalue weighted by Crippen LogP contribution is 2.32. The van der Waals surface area contributed by atoms with E-state index in [4.69, 9.17) is 18.9 Å². The van der Waals surface area contributed by atoms with E-state index >= 15 is 0 Å². The summed E-state index contributed by atoms with van der Waals surface area (Å²) in [5, 5.41) is 20.3. The number of rotatable bonds is 4. The van der Waals surface area contributed by atoms with Crippen LogP contribution in [0.4, 0.5) is 15.3 Å². The molecule has 1 N–H and O–H groups in total. The minimum Gasteiger partial charge on any atom is -0.489 e. The van der Waals surface area contributed by atoms with E-state index in [1.165, 1.54) is 13.2 Å². The van der Waals surface area contributed by atoms with Gasteiger partial charge in [-0.2, -0.15) is 0 Å². The molecule has 13 heteroatoms. The smallest absolute Gasteiger partial charge is 0.410 e. The number of methoxy groups -OCH3 is 1. The van der Waals surface area contributed by atoms with Crippen LogP contribution in [-0.2, 0) is 14.2 Å². The van der Waals surface area contributed by atoms with Crippen molar-refractivity contribution in [3.63, 3.8) is 0 Å². The van der Waals surface area contributed by atoms with E-state index in [-0.39, 0.29) is 41.4 Å². The van der Waals surface area contributed by atoms with Crippen LogP contribution in [0, 0.1) is 17.0 Å². The molecule has 2 fully saturated rings. The molecule has 0 spiro atoms. The zero-order valence-corrected chi connectivity index (χ0v) is 25.9. The minimum absolute atomic E-state index is 0.0174. The summed E-state index contributed by atoms with van der Waals surface area (Å²) in [6.07, 6.45) is 1.28. The van der Waals surface area contributed by atoms with Gasteiger partial charge in [0.1, 0.15) is 28.6 Å². The summed E-state index contributed by atoms with van der Waals surface area (Å²) in [7, 11) is 1.21. The molecule has 0 radical (unpaired) electrons. The van der Waals surface area contributed by atoms with Gasteiger partial charge in [-0.1, -0.05) is 0 Å². The summed E-state index contributed by atoms with van der Waals surface area (Å²) >= 11 is 0. The number of likely N-dealkylation sites (tertiary alicyclic amines) is 2. The number of carbonyl (C=O) groups excluding carboxylic acids is 3. The lowest BCUT2D eigenvalue weighted by atomic mass is 10.1. The van der Waals surface area contributed by atoms with Gasteiger partial charge < -0.3 is 33.9 Å². The molecule has 0 aliphatic carbocycles. The number of nitro benzene ring substituents is 1. The van der Waals surface area contributed by atoms with Crippen LogP contribution in [0.1, 0.15) is 83.1 Å². The van der Waals surface area contributed by atoms with Gasteiger partial charge in [-0.05, 0) is 66.9 Å². The fourth-order valence-corrected chi connectivity index (χ4v) is 4.30. The fraction of sp³-hybridized carbons (Fsp3) is 0.690. The third kappa shape index (κ3) is 11.0. The number of aliphatic hydroxyl groups excluding tert-OH is 1. The minimum atomic E-state index is -0.701. The number of carbonyl (C=O) groups is 3. The molecule has 1 aromatic carbocycles. The lowest BCUT2D eigenvalue weighted by Gasteiger charge is -2.34. The quantitative estimate of drug-likeness (QED) is 0.221. The third-order valence-electron chi connectivity index (χ3n) is 6.37.